The first kappa shape index (κ1) is 60.8. The second-order valence-corrected chi connectivity index (χ2v) is 24.0. The number of rotatable bonds is 29. The van der Waals surface area contributed by atoms with E-state index in [1.54, 1.807) is 34.1 Å². The number of nitrogens with zero attached hydrogens (tertiary/aromatic N) is 2. The van der Waals surface area contributed by atoms with Gasteiger partial charge in [0, 0.05) is 79.7 Å². The monoisotopic (exact) mass is 1170 g/mol. The smallest absolute Gasteiger partial charge is 0.407 e. The number of unbranched alkanes of at least 4 members (excludes halogenated alkanes) is 9. The number of carbonyl (C=O) groups is 8. The maximum Gasteiger partial charge on any atom is 0.407 e. The van der Waals surface area contributed by atoms with Crippen molar-refractivity contribution in [3.05, 3.63) is 179 Å². The molecule has 5 aromatic carbocycles. The number of esters is 1. The van der Waals surface area contributed by atoms with Crippen LogP contribution in [0.4, 0.5) is 4.79 Å². The van der Waals surface area contributed by atoms with Gasteiger partial charge in [0.1, 0.15) is 13.2 Å². The Labute approximate surface area is 504 Å². The van der Waals surface area contributed by atoms with E-state index in [1.807, 2.05) is 84.9 Å². The Morgan fingerprint density at radius 3 is 1.16 bits per heavy atom. The van der Waals surface area contributed by atoms with E-state index in [0.29, 0.717) is 24.3 Å². The van der Waals surface area contributed by atoms with Gasteiger partial charge in [-0.2, -0.15) is 0 Å². The number of ether oxygens (including phenoxy) is 2. The maximum atomic E-state index is 14.3. The van der Waals surface area contributed by atoms with Crippen LogP contribution < -0.4 is 26.6 Å². The van der Waals surface area contributed by atoms with Crippen LogP contribution in [0, 0.1) is 23.7 Å². The van der Waals surface area contributed by atoms with Crippen molar-refractivity contribution in [1.29, 1.82) is 0 Å². The molecule has 3 aliphatic carbocycles. The summed E-state index contributed by atoms with van der Waals surface area (Å²) >= 11 is 0. The van der Waals surface area contributed by atoms with Gasteiger partial charge >= 0.3 is 12.1 Å². The second-order valence-electron chi connectivity index (χ2n) is 24.0. The molecule has 2 saturated heterocycles. The van der Waals surface area contributed by atoms with Gasteiger partial charge in [-0.15, -0.1) is 0 Å². The molecular weight excluding hydrogens is 1090 g/mol. The fourth-order valence-corrected chi connectivity index (χ4v) is 12.4. The standard InChI is InChI=1S/C69H81N7O10/c77-62(40-71-69(84)86-45-46-23-13-9-14-24-46)85-36-22-8-6-4-2-1-3-5-7-21-35-70-63(78)55-41-75(42-56(55)64(79)72-59-37-52(59)47-25-15-10-16-26-47)67(82)50-31-33-51(34-32-50)68(83)76-43-57(65(80)73-60-38-53(60)48-27-17-11-18-28-48)58(44-76)66(81)74-61-39-54(61)49-29-19-12-20-30-49/h9-20,23-34,52-61H,1-8,21-22,35-45H2,(H,70,78)(H,71,84)(H,72,79)(H,73,80)(H,74,81)/t52-,53-,54-,55-,56-,57-,58-,59+,60+,61+/m1/s1. The van der Waals surface area contributed by atoms with E-state index >= 15 is 0 Å². The highest BCUT2D eigenvalue weighted by Crippen LogP contribution is 2.44. The minimum atomic E-state index is -0.754. The summed E-state index contributed by atoms with van der Waals surface area (Å²) in [6.45, 7) is 0.913. The molecule has 0 spiro atoms. The molecule has 10 atom stereocenters. The van der Waals surface area contributed by atoms with Gasteiger partial charge in [0.2, 0.25) is 23.6 Å². The lowest BCUT2D eigenvalue weighted by Gasteiger charge is -2.18. The number of likely N-dealkylation sites (tertiary alicyclic amines) is 2. The molecule has 17 heteroatoms. The van der Waals surface area contributed by atoms with Crippen LogP contribution in [0.3, 0.4) is 0 Å². The molecule has 7 amide bonds. The molecule has 10 rings (SSSR count). The summed E-state index contributed by atoms with van der Waals surface area (Å²) in [6, 6.07) is 45.6. The zero-order chi connectivity index (χ0) is 59.8. The van der Waals surface area contributed by atoms with Crippen molar-refractivity contribution in [2.24, 2.45) is 23.7 Å². The fourth-order valence-electron chi connectivity index (χ4n) is 12.4. The lowest BCUT2D eigenvalue weighted by Crippen LogP contribution is -2.43. The Hall–Kier alpha value is -8.34. The number of amides is 7. The Kier molecular flexibility index (Phi) is 21.0. The van der Waals surface area contributed by atoms with Gasteiger partial charge in [-0.05, 0) is 78.6 Å². The van der Waals surface area contributed by atoms with Crippen LogP contribution in [-0.4, -0.2) is 121 Å². The third-order valence-electron chi connectivity index (χ3n) is 17.7. The van der Waals surface area contributed by atoms with Gasteiger partial charge in [0.15, 0.2) is 0 Å². The maximum absolute atomic E-state index is 14.3. The average molecular weight is 1170 g/mol. The molecule has 5 aromatic rings. The van der Waals surface area contributed by atoms with E-state index in [1.165, 1.54) is 0 Å². The van der Waals surface area contributed by atoms with Crippen LogP contribution in [0.5, 0.6) is 0 Å². The van der Waals surface area contributed by atoms with Gasteiger partial charge in [-0.25, -0.2) is 4.79 Å². The molecule has 452 valence electrons. The van der Waals surface area contributed by atoms with Gasteiger partial charge in [0.05, 0.1) is 30.3 Å². The molecule has 0 bridgehead atoms. The van der Waals surface area contributed by atoms with Gasteiger partial charge in [-0.3, -0.25) is 33.6 Å². The van der Waals surface area contributed by atoms with Crippen molar-refractivity contribution in [1.82, 2.24) is 36.4 Å². The summed E-state index contributed by atoms with van der Waals surface area (Å²) in [5.41, 5.74) is 4.93. The molecule has 5 aliphatic rings. The van der Waals surface area contributed by atoms with Crippen molar-refractivity contribution >= 4 is 47.5 Å². The molecule has 0 radical (unpaired) electrons. The summed E-state index contributed by atoms with van der Waals surface area (Å²) in [5.74, 6) is -4.60. The van der Waals surface area contributed by atoms with Crippen LogP contribution >= 0.6 is 0 Å². The molecule has 0 unspecified atom stereocenters. The van der Waals surface area contributed by atoms with Crippen LogP contribution in [0.15, 0.2) is 146 Å². The molecule has 0 aromatic heterocycles. The van der Waals surface area contributed by atoms with Crippen LogP contribution in [0.2, 0.25) is 0 Å². The molecule has 5 fully saturated rings. The van der Waals surface area contributed by atoms with Crippen molar-refractivity contribution in [3.8, 4) is 0 Å². The van der Waals surface area contributed by atoms with Crippen molar-refractivity contribution in [2.45, 2.75) is 126 Å². The minimum Gasteiger partial charge on any atom is -0.464 e. The lowest BCUT2D eigenvalue weighted by molar-refractivity contribution is -0.142. The minimum absolute atomic E-state index is 0.0471. The largest absolute Gasteiger partial charge is 0.464 e. The SMILES string of the molecule is O=C(CNC(=O)OCc1ccccc1)OCCCCCCCCCCCCNC(=O)[C@@H]1CN(C(=O)c2ccc(C(=O)N3C[C@@H](C(=O)N[C@H]4C[C@@H]4c4ccccc4)[C@H](C(=O)N[C@H]4C[C@@H]4c4ccccc4)C3)cc2)C[C@H]1C(=O)N[C@H]1C[C@@H]1c1ccccc1. The third-order valence-corrected chi connectivity index (χ3v) is 17.7. The summed E-state index contributed by atoms with van der Waals surface area (Å²) in [7, 11) is 0. The number of hydrogen-bond donors (Lipinski definition) is 5. The van der Waals surface area contributed by atoms with Crippen LogP contribution in [-0.2, 0) is 40.1 Å². The molecular formula is C69H81N7O10. The summed E-state index contributed by atoms with van der Waals surface area (Å²) in [5, 5.41) is 15.1. The average Bonchev–Trinajstić information content (AvgIpc) is 4.06. The van der Waals surface area contributed by atoms with Gasteiger partial charge < -0.3 is 45.9 Å². The number of alkyl carbamates (subject to hydrolysis) is 1. The first-order valence-electron chi connectivity index (χ1n) is 31.1. The molecule has 17 nitrogen and oxygen atoms in total. The highest BCUT2D eigenvalue weighted by atomic mass is 16.6. The topological polar surface area (TPSA) is 222 Å². The highest BCUT2D eigenvalue weighted by molar-refractivity contribution is 6.00. The van der Waals surface area contributed by atoms with E-state index in [2.05, 4.69) is 63.0 Å². The zero-order valence-corrected chi connectivity index (χ0v) is 49.0. The van der Waals surface area contributed by atoms with Crippen LogP contribution in [0.25, 0.3) is 0 Å². The van der Waals surface area contributed by atoms with Gasteiger partial charge in [0.25, 0.3) is 11.8 Å². The normalized spacial score (nSPS) is 23.3. The van der Waals surface area contributed by atoms with Gasteiger partial charge in [-0.1, -0.05) is 173 Å². The van der Waals surface area contributed by atoms with Crippen LogP contribution in [0.1, 0.15) is 144 Å². The number of carbonyl (C=O) groups excluding carboxylic acids is 8. The summed E-state index contributed by atoms with van der Waals surface area (Å²) < 4.78 is 10.4. The van der Waals surface area contributed by atoms with Crippen molar-refractivity contribution in [3.63, 3.8) is 0 Å². The number of benzene rings is 5. The Balaban J connectivity index is 0.664. The third kappa shape index (κ3) is 16.8. The van der Waals surface area contributed by atoms with E-state index in [-0.39, 0.29) is 111 Å². The van der Waals surface area contributed by atoms with E-state index in [0.717, 1.165) is 106 Å². The Morgan fingerprint density at radius 1 is 0.395 bits per heavy atom. The molecule has 2 aliphatic heterocycles. The number of hydrogen-bond acceptors (Lipinski definition) is 10. The van der Waals surface area contributed by atoms with Crippen molar-refractivity contribution < 1.29 is 47.8 Å². The van der Waals surface area contributed by atoms with E-state index in [4.69, 9.17) is 9.47 Å². The highest BCUT2D eigenvalue weighted by Gasteiger charge is 2.50. The Bertz CT molecular complexity index is 3040. The zero-order valence-electron chi connectivity index (χ0n) is 49.0. The molecule has 2 heterocycles. The lowest BCUT2D eigenvalue weighted by atomic mass is 9.94. The molecule has 3 saturated carbocycles. The molecule has 86 heavy (non-hydrogen) atoms. The fraction of sp³-hybridized carbons (Fsp3) is 0.449. The first-order chi connectivity index (χ1) is 42.0. The van der Waals surface area contributed by atoms with E-state index in [9.17, 15) is 38.4 Å². The predicted molar refractivity (Wildman–Crippen MR) is 324 cm³/mol. The van der Waals surface area contributed by atoms with E-state index < -0.39 is 35.7 Å². The number of nitrogens with one attached hydrogen (secondary N) is 5. The molecule has 5 N–H and O–H groups in total. The first-order valence-corrected chi connectivity index (χ1v) is 31.1. The predicted octanol–water partition coefficient (Wildman–Crippen LogP) is 8.57. The summed E-state index contributed by atoms with van der Waals surface area (Å²) in [4.78, 5) is 112. The second kappa shape index (κ2) is 29.6. The quantitative estimate of drug-likeness (QED) is 0.0227. The Morgan fingerprint density at radius 2 is 0.756 bits per heavy atom. The van der Waals surface area contributed by atoms with Crippen molar-refractivity contribution in [2.75, 3.05) is 45.9 Å². The summed E-state index contributed by atoms with van der Waals surface area (Å²) in [6.07, 6.45) is 11.6.